The zero-order valence-corrected chi connectivity index (χ0v) is 9.99. The van der Waals surface area contributed by atoms with Crippen molar-refractivity contribution in [3.63, 3.8) is 0 Å². The van der Waals surface area contributed by atoms with Crippen LogP contribution in [0.2, 0.25) is 0 Å². The predicted molar refractivity (Wildman–Crippen MR) is 62.1 cm³/mol. The Morgan fingerprint density at radius 2 is 2.12 bits per heavy atom. The minimum atomic E-state index is -4.45. The second kappa shape index (κ2) is 4.58. The Labute approximate surface area is 104 Å². The van der Waals surface area contributed by atoms with E-state index in [1.54, 1.807) is 0 Å². The van der Waals surface area contributed by atoms with E-state index >= 15 is 0 Å². The molecule has 0 aromatic carbocycles. The second-order valence-electron chi connectivity index (χ2n) is 3.14. The predicted octanol–water partition coefficient (Wildman–Crippen LogP) is 3.90. The van der Waals surface area contributed by atoms with Gasteiger partial charge >= 0.3 is 6.18 Å². The highest BCUT2D eigenvalue weighted by Crippen LogP contribution is 2.37. The van der Waals surface area contributed by atoms with Gasteiger partial charge in [-0.2, -0.15) is 13.2 Å². The van der Waals surface area contributed by atoms with Crippen molar-refractivity contribution in [2.24, 2.45) is 0 Å². The van der Waals surface area contributed by atoms with Gasteiger partial charge in [0, 0.05) is 4.90 Å². The molecule has 2 heterocycles. The molecule has 0 saturated carbocycles. The average Bonchev–Trinajstić information content (AvgIpc) is 2.72. The van der Waals surface area contributed by atoms with Gasteiger partial charge in [-0.3, -0.25) is 0 Å². The maximum atomic E-state index is 12.5. The second-order valence-corrected chi connectivity index (χ2v) is 5.43. The lowest BCUT2D eigenvalue weighted by Crippen LogP contribution is -2.08. The molecular formula is C10H7F3N2S2. The third-order valence-electron chi connectivity index (χ3n) is 1.89. The first kappa shape index (κ1) is 12.3. The van der Waals surface area contributed by atoms with E-state index in [4.69, 9.17) is 5.73 Å². The van der Waals surface area contributed by atoms with Crippen molar-refractivity contribution in [2.45, 2.75) is 15.3 Å². The summed E-state index contributed by atoms with van der Waals surface area (Å²) in [6.45, 7) is 0. The van der Waals surface area contributed by atoms with Gasteiger partial charge < -0.3 is 5.73 Å². The van der Waals surface area contributed by atoms with Crippen molar-refractivity contribution in [1.82, 2.24) is 4.98 Å². The summed E-state index contributed by atoms with van der Waals surface area (Å²) in [5.74, 6) is 0. The zero-order chi connectivity index (χ0) is 12.5. The van der Waals surface area contributed by atoms with Crippen LogP contribution in [0.15, 0.2) is 38.9 Å². The fourth-order valence-electron chi connectivity index (χ4n) is 1.12. The lowest BCUT2D eigenvalue weighted by atomic mass is 10.3. The number of nitrogens with two attached hydrogens (primary N) is 1. The van der Waals surface area contributed by atoms with Crippen molar-refractivity contribution in [1.29, 1.82) is 0 Å². The fourth-order valence-corrected chi connectivity index (χ4v) is 2.90. The minimum absolute atomic E-state index is 0.247. The van der Waals surface area contributed by atoms with Crippen LogP contribution >= 0.6 is 23.1 Å². The standard InChI is InChI=1S/C10H7F3N2S2/c11-10(12,13)8-4-7(6(14)5-15-8)17-9-2-1-3-16-9/h1-5H,14H2. The molecule has 17 heavy (non-hydrogen) atoms. The Morgan fingerprint density at radius 3 is 2.71 bits per heavy atom. The van der Waals surface area contributed by atoms with Crippen LogP contribution in [0.4, 0.5) is 18.9 Å². The number of hydrogen-bond donors (Lipinski definition) is 1. The summed E-state index contributed by atoms with van der Waals surface area (Å²) < 4.78 is 38.3. The van der Waals surface area contributed by atoms with Crippen molar-refractivity contribution < 1.29 is 13.2 Å². The van der Waals surface area contributed by atoms with Gasteiger partial charge in [-0.15, -0.1) is 11.3 Å². The van der Waals surface area contributed by atoms with Crippen LogP contribution in [-0.2, 0) is 6.18 Å². The first-order valence-electron chi connectivity index (χ1n) is 4.51. The molecule has 2 aromatic rings. The van der Waals surface area contributed by atoms with Crippen molar-refractivity contribution in [2.75, 3.05) is 5.73 Å². The Hall–Kier alpha value is -1.21. The molecule has 0 aliphatic carbocycles. The number of alkyl halides is 3. The number of nitrogen functional groups attached to an aromatic ring is 1. The summed E-state index contributed by atoms with van der Waals surface area (Å²) in [6, 6.07) is 4.62. The zero-order valence-electron chi connectivity index (χ0n) is 8.36. The molecule has 0 radical (unpaired) electrons. The van der Waals surface area contributed by atoms with Crippen LogP contribution in [-0.4, -0.2) is 4.98 Å². The molecule has 0 spiro atoms. The number of rotatable bonds is 2. The van der Waals surface area contributed by atoms with Crippen molar-refractivity contribution in [3.8, 4) is 0 Å². The van der Waals surface area contributed by atoms with Crippen molar-refractivity contribution >= 4 is 28.8 Å². The molecule has 90 valence electrons. The molecule has 2 N–H and O–H groups in total. The van der Waals surface area contributed by atoms with E-state index in [2.05, 4.69) is 4.98 Å². The Bertz CT molecular complexity index is 509. The third-order valence-corrected chi connectivity index (χ3v) is 4.00. The smallest absolute Gasteiger partial charge is 0.397 e. The van der Waals surface area contributed by atoms with Crippen LogP contribution < -0.4 is 5.73 Å². The van der Waals surface area contributed by atoms with Gasteiger partial charge in [0.2, 0.25) is 0 Å². The van der Waals surface area contributed by atoms with Gasteiger partial charge in [0.15, 0.2) is 0 Å². The highest BCUT2D eigenvalue weighted by atomic mass is 32.2. The number of anilines is 1. The van der Waals surface area contributed by atoms with E-state index < -0.39 is 11.9 Å². The number of thiophene rings is 1. The molecule has 0 aliphatic rings. The molecule has 2 rings (SSSR count). The Morgan fingerprint density at radius 1 is 1.35 bits per heavy atom. The fraction of sp³-hybridized carbons (Fsp3) is 0.100. The van der Waals surface area contributed by atoms with Crippen LogP contribution in [0, 0.1) is 0 Å². The van der Waals surface area contributed by atoms with Gasteiger partial charge in [0.1, 0.15) is 5.69 Å². The van der Waals surface area contributed by atoms with Crippen LogP contribution in [0.25, 0.3) is 0 Å². The molecule has 2 aromatic heterocycles. The van der Waals surface area contributed by atoms with E-state index in [0.717, 1.165) is 16.5 Å². The monoisotopic (exact) mass is 276 g/mol. The number of aromatic nitrogens is 1. The molecule has 7 heteroatoms. The molecule has 0 fully saturated rings. The molecule has 0 unspecified atom stereocenters. The summed E-state index contributed by atoms with van der Waals surface area (Å²) in [6.07, 6.45) is -3.41. The molecule has 0 saturated heterocycles. The molecular weight excluding hydrogens is 269 g/mol. The number of pyridine rings is 1. The lowest BCUT2D eigenvalue weighted by molar-refractivity contribution is -0.141. The van der Waals surface area contributed by atoms with Crippen LogP contribution in [0.3, 0.4) is 0 Å². The van der Waals surface area contributed by atoms with E-state index in [0.29, 0.717) is 4.90 Å². The SMILES string of the molecule is Nc1cnc(C(F)(F)F)cc1Sc1cccs1. The van der Waals surface area contributed by atoms with Gasteiger partial charge in [0.25, 0.3) is 0 Å². The normalized spacial score (nSPS) is 11.7. The maximum Gasteiger partial charge on any atom is 0.433 e. The van der Waals surface area contributed by atoms with E-state index in [9.17, 15) is 13.2 Å². The summed E-state index contributed by atoms with van der Waals surface area (Å²) in [5, 5.41) is 1.85. The van der Waals surface area contributed by atoms with Gasteiger partial charge in [0.05, 0.1) is 16.1 Å². The van der Waals surface area contributed by atoms with E-state index in [1.807, 2.05) is 17.5 Å². The minimum Gasteiger partial charge on any atom is -0.397 e. The molecule has 2 nitrogen and oxygen atoms in total. The van der Waals surface area contributed by atoms with Crippen molar-refractivity contribution in [3.05, 3.63) is 35.5 Å². The molecule has 0 bridgehead atoms. The first-order valence-corrected chi connectivity index (χ1v) is 6.20. The van der Waals surface area contributed by atoms with Crippen LogP contribution in [0.5, 0.6) is 0 Å². The summed E-state index contributed by atoms with van der Waals surface area (Å²) in [4.78, 5) is 3.65. The Kier molecular flexibility index (Phi) is 3.30. The third kappa shape index (κ3) is 2.92. The summed E-state index contributed by atoms with van der Waals surface area (Å²) in [7, 11) is 0. The van der Waals surface area contributed by atoms with Gasteiger partial charge in [-0.25, -0.2) is 4.98 Å². The van der Waals surface area contributed by atoms with Gasteiger partial charge in [-0.1, -0.05) is 17.8 Å². The van der Waals surface area contributed by atoms with Gasteiger partial charge in [-0.05, 0) is 17.5 Å². The summed E-state index contributed by atoms with van der Waals surface area (Å²) in [5.41, 5.74) is 4.92. The first-order chi connectivity index (χ1) is 7.97. The maximum absolute atomic E-state index is 12.5. The highest BCUT2D eigenvalue weighted by Gasteiger charge is 2.33. The topological polar surface area (TPSA) is 38.9 Å². The number of halogens is 3. The lowest BCUT2D eigenvalue weighted by Gasteiger charge is -2.09. The van der Waals surface area contributed by atoms with E-state index in [1.165, 1.54) is 23.1 Å². The highest BCUT2D eigenvalue weighted by molar-refractivity contribution is 8.01. The molecule has 0 aliphatic heterocycles. The largest absolute Gasteiger partial charge is 0.433 e. The van der Waals surface area contributed by atoms with E-state index in [-0.39, 0.29) is 5.69 Å². The number of nitrogens with zero attached hydrogens (tertiary/aromatic N) is 1. The quantitative estimate of drug-likeness (QED) is 0.904. The molecule has 0 atom stereocenters. The summed E-state index contributed by atoms with van der Waals surface area (Å²) >= 11 is 2.65. The molecule has 0 amide bonds. The average molecular weight is 276 g/mol. The van der Waals surface area contributed by atoms with Crippen LogP contribution in [0.1, 0.15) is 5.69 Å². The Balaban J connectivity index is 2.33. The number of hydrogen-bond acceptors (Lipinski definition) is 4.